The van der Waals surface area contributed by atoms with Gasteiger partial charge in [0.05, 0.1) is 24.2 Å². The van der Waals surface area contributed by atoms with Crippen molar-refractivity contribution in [2.45, 2.75) is 45.1 Å². The molecule has 0 radical (unpaired) electrons. The van der Waals surface area contributed by atoms with Gasteiger partial charge in [0.1, 0.15) is 17.5 Å². The maximum Gasteiger partial charge on any atom is 0.246 e. The fourth-order valence-electron chi connectivity index (χ4n) is 3.69. The number of hydrogen-bond donors (Lipinski definition) is 1. The maximum absolute atomic E-state index is 11.3. The third kappa shape index (κ3) is 3.55. The Hall–Kier alpha value is -3.37. The van der Waals surface area contributed by atoms with Crippen molar-refractivity contribution in [1.29, 1.82) is 5.26 Å². The van der Waals surface area contributed by atoms with Crippen molar-refractivity contribution in [2.24, 2.45) is 0 Å². The summed E-state index contributed by atoms with van der Waals surface area (Å²) in [5.74, 6) is 1.64. The Balaban J connectivity index is 1.87. The van der Waals surface area contributed by atoms with E-state index in [1.165, 1.54) is 0 Å². The highest BCUT2D eigenvalue weighted by atomic mass is 16.5. The second-order valence-electron chi connectivity index (χ2n) is 7.66. The first-order valence-electron chi connectivity index (χ1n) is 9.41. The lowest BCUT2D eigenvalue weighted by atomic mass is 9.84. The molecule has 1 N–H and O–H groups in total. The largest absolute Gasteiger partial charge is 0.485 e. The summed E-state index contributed by atoms with van der Waals surface area (Å²) in [7, 11) is 0. The molecule has 2 heterocycles. The molecule has 0 aliphatic carbocycles. The van der Waals surface area contributed by atoms with Crippen LogP contribution in [0.1, 0.15) is 42.7 Å². The van der Waals surface area contributed by atoms with Crippen LogP contribution in [0.5, 0.6) is 5.75 Å². The van der Waals surface area contributed by atoms with Gasteiger partial charge in [-0.3, -0.25) is 0 Å². The Bertz CT molecular complexity index is 1060. The van der Waals surface area contributed by atoms with Crippen LogP contribution in [0.2, 0.25) is 0 Å². The van der Waals surface area contributed by atoms with Gasteiger partial charge in [-0.25, -0.2) is 0 Å². The van der Waals surface area contributed by atoms with Crippen molar-refractivity contribution in [3.05, 3.63) is 71.4 Å². The summed E-state index contributed by atoms with van der Waals surface area (Å²) in [6, 6.07) is 16.7. The number of hydrogen-bond acceptors (Lipinski definition) is 7. The summed E-state index contributed by atoms with van der Waals surface area (Å²) >= 11 is 0. The van der Waals surface area contributed by atoms with Gasteiger partial charge in [0.2, 0.25) is 5.89 Å². The number of rotatable bonds is 4. The van der Waals surface area contributed by atoms with E-state index in [4.69, 9.17) is 9.26 Å². The van der Waals surface area contributed by atoms with Gasteiger partial charge in [0.25, 0.3) is 0 Å². The van der Waals surface area contributed by atoms with Crippen LogP contribution in [0.4, 0.5) is 5.69 Å². The van der Waals surface area contributed by atoms with Gasteiger partial charge in [-0.05, 0) is 51.1 Å². The van der Waals surface area contributed by atoms with Crippen molar-refractivity contribution >= 4 is 5.69 Å². The van der Waals surface area contributed by atoms with Crippen LogP contribution in [0, 0.1) is 18.3 Å². The van der Waals surface area contributed by atoms with Crippen LogP contribution >= 0.6 is 0 Å². The minimum absolute atomic E-state index is 0.304. The van der Waals surface area contributed by atoms with Crippen LogP contribution in [0.25, 0.3) is 0 Å². The topological polar surface area (TPSA) is 95.4 Å². The molecule has 2 atom stereocenters. The smallest absolute Gasteiger partial charge is 0.246 e. The first-order chi connectivity index (χ1) is 13.9. The van der Waals surface area contributed by atoms with E-state index in [0.29, 0.717) is 29.6 Å². The summed E-state index contributed by atoms with van der Waals surface area (Å²) in [5, 5.41) is 24.6. The average molecular weight is 390 g/mol. The first kappa shape index (κ1) is 19.0. The molecule has 4 rings (SSSR count). The molecule has 7 heteroatoms. The lowest BCUT2D eigenvalue weighted by molar-refractivity contribution is -0.0592. The van der Waals surface area contributed by atoms with E-state index >= 15 is 0 Å². The second kappa shape index (κ2) is 7.22. The molecule has 7 nitrogen and oxygen atoms in total. The van der Waals surface area contributed by atoms with Gasteiger partial charge in [0.15, 0.2) is 5.82 Å². The Labute approximate surface area is 169 Å². The third-order valence-corrected chi connectivity index (χ3v) is 5.14. The molecular weight excluding hydrogens is 368 g/mol. The number of fused-ring (bicyclic) bond motifs is 1. The fourth-order valence-corrected chi connectivity index (χ4v) is 3.69. The van der Waals surface area contributed by atoms with Crippen molar-refractivity contribution in [2.75, 3.05) is 4.90 Å². The molecule has 1 aliphatic heterocycles. The molecule has 0 fully saturated rings. The van der Waals surface area contributed by atoms with E-state index in [1.54, 1.807) is 25.1 Å². The number of benzene rings is 2. The van der Waals surface area contributed by atoms with Crippen LogP contribution < -0.4 is 9.64 Å². The monoisotopic (exact) mass is 390 g/mol. The predicted molar refractivity (Wildman–Crippen MR) is 106 cm³/mol. The Morgan fingerprint density at radius 2 is 1.97 bits per heavy atom. The lowest BCUT2D eigenvalue weighted by Gasteiger charge is -2.46. The molecule has 0 bridgehead atoms. The molecule has 29 heavy (non-hydrogen) atoms. The third-order valence-electron chi connectivity index (χ3n) is 5.14. The Morgan fingerprint density at radius 1 is 1.21 bits per heavy atom. The predicted octanol–water partition coefficient (Wildman–Crippen LogP) is 3.53. The van der Waals surface area contributed by atoms with Gasteiger partial charge in [-0.2, -0.15) is 10.2 Å². The second-order valence-corrected chi connectivity index (χ2v) is 7.66. The van der Waals surface area contributed by atoms with Gasteiger partial charge in [-0.15, -0.1) is 0 Å². The van der Waals surface area contributed by atoms with Crippen LogP contribution in [0.15, 0.2) is 53.1 Å². The quantitative estimate of drug-likeness (QED) is 0.728. The Morgan fingerprint density at radius 3 is 2.62 bits per heavy atom. The highest BCUT2D eigenvalue weighted by Gasteiger charge is 2.46. The van der Waals surface area contributed by atoms with Gasteiger partial charge in [0, 0.05) is 11.3 Å². The average Bonchev–Trinajstić information content (AvgIpc) is 3.13. The summed E-state index contributed by atoms with van der Waals surface area (Å²) in [4.78, 5) is 6.35. The number of anilines is 1. The number of para-hydroxylation sites is 1. The standard InChI is InChI=1S/C22H22N4O3/c1-14-24-19(29-25-14)13-26(16-7-5-4-6-8-16)20-17-11-15(12-23)9-10-18(17)28-22(2,3)21(20)27/h4-11,20-21,27H,13H2,1-3H3/t20?,21-/m1/s1. The van der Waals surface area contributed by atoms with Crippen molar-refractivity contribution in [3.8, 4) is 11.8 Å². The molecule has 0 amide bonds. The van der Waals surface area contributed by atoms with Crippen molar-refractivity contribution < 1.29 is 14.4 Å². The molecule has 3 aromatic rings. The number of nitrogens with zero attached hydrogens (tertiary/aromatic N) is 4. The van der Waals surface area contributed by atoms with Crippen molar-refractivity contribution in [3.63, 3.8) is 0 Å². The van der Waals surface area contributed by atoms with Crippen LogP contribution in [-0.2, 0) is 6.54 Å². The molecule has 1 unspecified atom stereocenters. The summed E-state index contributed by atoms with van der Waals surface area (Å²) in [5.41, 5.74) is 1.31. The van der Waals surface area contributed by atoms with Crippen molar-refractivity contribution in [1.82, 2.24) is 10.1 Å². The fraction of sp³-hybridized carbons (Fsp3) is 0.318. The van der Waals surface area contributed by atoms with E-state index in [2.05, 4.69) is 16.2 Å². The zero-order chi connectivity index (χ0) is 20.6. The van der Waals surface area contributed by atoms with E-state index in [1.807, 2.05) is 49.1 Å². The van der Waals surface area contributed by atoms with E-state index < -0.39 is 17.7 Å². The van der Waals surface area contributed by atoms with E-state index in [9.17, 15) is 10.4 Å². The van der Waals surface area contributed by atoms with Gasteiger partial charge < -0.3 is 19.3 Å². The van der Waals surface area contributed by atoms with Crippen LogP contribution in [0.3, 0.4) is 0 Å². The normalized spacial score (nSPS) is 19.7. The summed E-state index contributed by atoms with van der Waals surface area (Å²) in [6.07, 6.45) is -0.867. The van der Waals surface area contributed by atoms with Gasteiger partial charge >= 0.3 is 0 Å². The molecular formula is C22H22N4O3. The summed E-state index contributed by atoms with van der Waals surface area (Å²) in [6.45, 7) is 5.78. The molecule has 2 aromatic carbocycles. The number of aliphatic hydroxyl groups excluding tert-OH is 1. The molecule has 1 aromatic heterocycles. The molecule has 0 saturated carbocycles. The molecule has 0 spiro atoms. The minimum Gasteiger partial charge on any atom is -0.485 e. The zero-order valence-corrected chi connectivity index (χ0v) is 16.5. The maximum atomic E-state index is 11.3. The number of nitriles is 1. The SMILES string of the molecule is Cc1noc(CN(c2ccccc2)C2c3cc(C#N)ccc3OC(C)(C)[C@@H]2O)n1. The number of aryl methyl sites for hydroxylation is 1. The zero-order valence-electron chi connectivity index (χ0n) is 16.5. The number of aromatic nitrogens is 2. The first-order valence-corrected chi connectivity index (χ1v) is 9.41. The van der Waals surface area contributed by atoms with Crippen LogP contribution in [-0.4, -0.2) is 27.0 Å². The Kier molecular flexibility index (Phi) is 4.73. The van der Waals surface area contributed by atoms with E-state index in [0.717, 1.165) is 11.3 Å². The summed E-state index contributed by atoms with van der Waals surface area (Å²) < 4.78 is 11.4. The molecule has 0 saturated heterocycles. The number of aliphatic hydroxyl groups is 1. The number of ether oxygens (including phenoxy) is 1. The molecule has 1 aliphatic rings. The lowest BCUT2D eigenvalue weighted by Crippen LogP contribution is -2.53. The highest BCUT2D eigenvalue weighted by molar-refractivity contribution is 5.54. The van der Waals surface area contributed by atoms with E-state index in [-0.39, 0.29) is 0 Å². The molecule has 148 valence electrons. The highest BCUT2D eigenvalue weighted by Crippen LogP contribution is 2.45. The van der Waals surface area contributed by atoms with Gasteiger partial charge in [-0.1, -0.05) is 23.4 Å². The minimum atomic E-state index is -0.867.